The Labute approximate surface area is 105 Å². The van der Waals surface area contributed by atoms with Gasteiger partial charge in [-0.25, -0.2) is 8.42 Å². The van der Waals surface area contributed by atoms with Crippen LogP contribution in [0.1, 0.15) is 12.5 Å². The first-order chi connectivity index (χ1) is 7.28. The summed E-state index contributed by atoms with van der Waals surface area (Å²) in [5, 5.41) is 3.20. The zero-order valence-corrected chi connectivity index (χ0v) is 12.0. The lowest BCUT2D eigenvalue weighted by Gasteiger charge is -2.16. The predicted molar refractivity (Wildman–Crippen MR) is 71.7 cm³/mol. The lowest BCUT2D eigenvalue weighted by molar-refractivity contribution is 0.598. The number of benzene rings is 1. The smallest absolute Gasteiger partial charge is 0.149 e. The van der Waals surface area contributed by atoms with Crippen molar-refractivity contribution < 1.29 is 8.42 Å². The maximum atomic E-state index is 11.1. The minimum atomic E-state index is -2.94. The van der Waals surface area contributed by atoms with Crippen LogP contribution in [0.5, 0.6) is 0 Å². The molecule has 0 amide bonds. The lowest BCUT2D eigenvalue weighted by atomic mass is 10.2. The summed E-state index contributed by atoms with van der Waals surface area (Å²) in [7, 11) is -2.94. The van der Waals surface area contributed by atoms with Gasteiger partial charge in [0.2, 0.25) is 0 Å². The highest BCUT2D eigenvalue weighted by molar-refractivity contribution is 9.10. The molecule has 0 heterocycles. The molecular weight excluding hydrogens is 290 g/mol. The van der Waals surface area contributed by atoms with E-state index in [0.717, 1.165) is 15.7 Å². The Bertz CT molecular complexity index is 471. The molecule has 0 aromatic heterocycles. The van der Waals surface area contributed by atoms with Crippen molar-refractivity contribution in [3.8, 4) is 0 Å². The van der Waals surface area contributed by atoms with E-state index in [4.69, 9.17) is 0 Å². The summed E-state index contributed by atoms with van der Waals surface area (Å²) in [6, 6.07) is 5.80. The molecule has 3 nitrogen and oxygen atoms in total. The number of anilines is 1. The van der Waals surface area contributed by atoms with Crippen molar-refractivity contribution in [1.29, 1.82) is 0 Å². The van der Waals surface area contributed by atoms with Crippen molar-refractivity contribution in [2.75, 3.05) is 17.3 Å². The molecule has 90 valence electrons. The third-order valence-corrected chi connectivity index (χ3v) is 3.75. The van der Waals surface area contributed by atoms with Gasteiger partial charge in [0.05, 0.1) is 5.75 Å². The Morgan fingerprint density at radius 2 is 2.06 bits per heavy atom. The molecule has 1 N–H and O–H groups in total. The summed E-state index contributed by atoms with van der Waals surface area (Å²) in [6.07, 6.45) is 1.25. The van der Waals surface area contributed by atoms with Gasteiger partial charge in [-0.3, -0.25) is 0 Å². The molecule has 1 atom stereocenters. The fraction of sp³-hybridized carbons (Fsp3) is 0.455. The average Bonchev–Trinajstić information content (AvgIpc) is 2.08. The second-order valence-corrected chi connectivity index (χ2v) is 7.20. The molecule has 1 aromatic carbocycles. The third kappa shape index (κ3) is 4.53. The SMILES string of the molecule is Cc1ccc(Br)cc1NC(C)CS(C)(=O)=O. The molecule has 0 fully saturated rings. The van der Waals surface area contributed by atoms with E-state index in [1.165, 1.54) is 6.26 Å². The van der Waals surface area contributed by atoms with Crippen LogP contribution >= 0.6 is 15.9 Å². The first kappa shape index (κ1) is 13.5. The van der Waals surface area contributed by atoms with Crippen molar-refractivity contribution in [2.24, 2.45) is 0 Å². The van der Waals surface area contributed by atoms with Gasteiger partial charge in [-0.05, 0) is 31.5 Å². The van der Waals surface area contributed by atoms with Crippen LogP contribution in [0.4, 0.5) is 5.69 Å². The first-order valence-corrected chi connectivity index (χ1v) is 7.84. The van der Waals surface area contributed by atoms with Crippen molar-refractivity contribution in [2.45, 2.75) is 19.9 Å². The Hall–Kier alpha value is -0.550. The number of halogens is 1. The molecule has 0 saturated carbocycles. The summed E-state index contributed by atoms with van der Waals surface area (Å²) in [5.41, 5.74) is 2.06. The molecule has 0 aliphatic heterocycles. The number of hydrogen-bond donors (Lipinski definition) is 1. The number of hydrogen-bond acceptors (Lipinski definition) is 3. The predicted octanol–water partition coefficient (Wildman–Crippen LogP) is 2.60. The van der Waals surface area contributed by atoms with Crippen LogP contribution in [0.3, 0.4) is 0 Å². The molecule has 0 aliphatic carbocycles. The largest absolute Gasteiger partial charge is 0.381 e. The van der Waals surface area contributed by atoms with E-state index in [0.29, 0.717) is 0 Å². The van der Waals surface area contributed by atoms with E-state index in [-0.39, 0.29) is 11.8 Å². The second-order valence-electron chi connectivity index (χ2n) is 4.10. The number of rotatable bonds is 4. The summed E-state index contributed by atoms with van der Waals surface area (Å²) >= 11 is 3.39. The standard InChI is InChI=1S/C11H16BrNO2S/c1-8-4-5-10(12)6-11(8)13-9(2)7-16(3,14)15/h4-6,9,13H,7H2,1-3H3. The van der Waals surface area contributed by atoms with Crippen molar-refractivity contribution in [3.63, 3.8) is 0 Å². The fourth-order valence-electron chi connectivity index (χ4n) is 1.51. The average molecular weight is 306 g/mol. The van der Waals surface area contributed by atoms with E-state index in [1.807, 2.05) is 32.0 Å². The number of sulfone groups is 1. The van der Waals surface area contributed by atoms with Crippen LogP contribution in [0.15, 0.2) is 22.7 Å². The highest BCUT2D eigenvalue weighted by Gasteiger charge is 2.11. The van der Waals surface area contributed by atoms with Crippen molar-refractivity contribution >= 4 is 31.5 Å². The fourth-order valence-corrected chi connectivity index (χ4v) is 2.86. The maximum Gasteiger partial charge on any atom is 0.149 e. The molecule has 0 spiro atoms. The lowest BCUT2D eigenvalue weighted by Crippen LogP contribution is -2.25. The van der Waals surface area contributed by atoms with Crippen LogP contribution in [0.25, 0.3) is 0 Å². The minimum absolute atomic E-state index is 0.0944. The Morgan fingerprint density at radius 3 is 2.62 bits per heavy atom. The van der Waals surface area contributed by atoms with Crippen molar-refractivity contribution in [1.82, 2.24) is 0 Å². The highest BCUT2D eigenvalue weighted by Crippen LogP contribution is 2.21. The van der Waals surface area contributed by atoms with Gasteiger partial charge >= 0.3 is 0 Å². The van der Waals surface area contributed by atoms with Gasteiger partial charge in [0.1, 0.15) is 9.84 Å². The molecular formula is C11H16BrNO2S. The van der Waals surface area contributed by atoms with Gasteiger partial charge in [0, 0.05) is 22.5 Å². The van der Waals surface area contributed by atoms with Crippen LogP contribution in [0.2, 0.25) is 0 Å². The highest BCUT2D eigenvalue weighted by atomic mass is 79.9. The molecule has 0 saturated heterocycles. The van der Waals surface area contributed by atoms with Crippen LogP contribution in [0, 0.1) is 6.92 Å². The molecule has 1 rings (SSSR count). The molecule has 0 bridgehead atoms. The zero-order valence-electron chi connectivity index (χ0n) is 9.62. The van der Waals surface area contributed by atoms with E-state index < -0.39 is 9.84 Å². The molecule has 5 heteroatoms. The third-order valence-electron chi connectivity index (χ3n) is 2.15. The zero-order chi connectivity index (χ0) is 12.3. The second kappa shape index (κ2) is 5.19. The molecule has 1 aromatic rings. The van der Waals surface area contributed by atoms with E-state index in [9.17, 15) is 8.42 Å². The maximum absolute atomic E-state index is 11.1. The first-order valence-electron chi connectivity index (χ1n) is 4.98. The number of aryl methyl sites for hydroxylation is 1. The summed E-state index contributed by atoms with van der Waals surface area (Å²) < 4.78 is 23.2. The Balaban J connectivity index is 2.77. The van der Waals surface area contributed by atoms with Crippen LogP contribution in [-0.4, -0.2) is 26.5 Å². The van der Waals surface area contributed by atoms with E-state index in [1.54, 1.807) is 0 Å². The number of nitrogens with one attached hydrogen (secondary N) is 1. The monoisotopic (exact) mass is 305 g/mol. The topological polar surface area (TPSA) is 46.2 Å². The summed E-state index contributed by atoms with van der Waals surface area (Å²) in [4.78, 5) is 0. The molecule has 16 heavy (non-hydrogen) atoms. The summed E-state index contributed by atoms with van der Waals surface area (Å²) in [6.45, 7) is 3.85. The molecule has 0 radical (unpaired) electrons. The molecule has 1 unspecified atom stereocenters. The minimum Gasteiger partial charge on any atom is -0.381 e. The van der Waals surface area contributed by atoms with Gasteiger partial charge < -0.3 is 5.32 Å². The van der Waals surface area contributed by atoms with Crippen molar-refractivity contribution in [3.05, 3.63) is 28.2 Å². The Kier molecular flexibility index (Phi) is 4.38. The van der Waals surface area contributed by atoms with E-state index >= 15 is 0 Å². The van der Waals surface area contributed by atoms with Crippen LogP contribution < -0.4 is 5.32 Å². The van der Waals surface area contributed by atoms with Gasteiger partial charge in [-0.1, -0.05) is 22.0 Å². The van der Waals surface area contributed by atoms with Gasteiger partial charge in [-0.15, -0.1) is 0 Å². The summed E-state index contributed by atoms with van der Waals surface area (Å²) in [5.74, 6) is 0.138. The Morgan fingerprint density at radius 1 is 1.44 bits per heavy atom. The van der Waals surface area contributed by atoms with Gasteiger partial charge in [0.25, 0.3) is 0 Å². The van der Waals surface area contributed by atoms with Gasteiger partial charge in [-0.2, -0.15) is 0 Å². The van der Waals surface area contributed by atoms with E-state index in [2.05, 4.69) is 21.2 Å². The quantitative estimate of drug-likeness (QED) is 0.930. The van der Waals surface area contributed by atoms with Crippen LogP contribution in [-0.2, 0) is 9.84 Å². The molecule has 0 aliphatic rings. The normalized spacial score (nSPS) is 13.5. The van der Waals surface area contributed by atoms with Gasteiger partial charge in [0.15, 0.2) is 0 Å².